The summed E-state index contributed by atoms with van der Waals surface area (Å²) < 4.78 is 2.23. The third kappa shape index (κ3) is 7.50. The summed E-state index contributed by atoms with van der Waals surface area (Å²) >= 11 is 0. The number of phenols is 1. The molecule has 9 aromatic rings. The zero-order chi connectivity index (χ0) is 40.2. The number of hydrogen-bond donors (Lipinski definition) is 1. The smallest absolute Gasteiger partial charge is 0.123 e. The van der Waals surface area contributed by atoms with Crippen molar-refractivity contribution in [2.45, 2.75) is 52.4 Å². The minimum Gasteiger partial charge on any atom is -0.507 e. The molecule has 4 aromatic heterocycles. The number of pyridine rings is 3. The number of phenolic OH excluding ortho intramolecular Hbond substituents is 1. The molecule has 0 aliphatic carbocycles. The van der Waals surface area contributed by atoms with Crippen molar-refractivity contribution in [1.29, 1.82) is 0 Å². The fourth-order valence-electron chi connectivity index (χ4n) is 7.74. The molecule has 0 radical (unpaired) electrons. The predicted molar refractivity (Wildman–Crippen MR) is 237 cm³/mol. The molecule has 9 rings (SSSR count). The number of hydrogen-bond acceptors (Lipinski definition) is 5. The quantitative estimate of drug-likeness (QED) is 0.168. The number of aromatic hydroxyl groups is 1. The predicted octanol–water partition coefficient (Wildman–Crippen LogP) is 12.8. The van der Waals surface area contributed by atoms with Crippen molar-refractivity contribution in [2.75, 3.05) is 0 Å². The van der Waals surface area contributed by atoms with Gasteiger partial charge in [-0.25, -0.2) is 0 Å². The van der Waals surface area contributed by atoms with Gasteiger partial charge in [-0.15, -0.1) is 6.07 Å². The van der Waals surface area contributed by atoms with Crippen molar-refractivity contribution < 1.29 is 26.2 Å². The van der Waals surface area contributed by atoms with Crippen molar-refractivity contribution in [2.24, 2.45) is 0 Å². The van der Waals surface area contributed by atoms with Crippen LogP contribution in [0.1, 0.15) is 52.7 Å². The van der Waals surface area contributed by atoms with Crippen molar-refractivity contribution in [3.8, 4) is 67.3 Å². The molecule has 1 N–H and O–H groups in total. The Hall–Kier alpha value is -6.23. The van der Waals surface area contributed by atoms with Crippen LogP contribution in [0.4, 0.5) is 0 Å². The van der Waals surface area contributed by atoms with Crippen LogP contribution in [-0.4, -0.2) is 29.6 Å². The average Bonchev–Trinajstić information content (AvgIpc) is 3.63. The van der Waals surface area contributed by atoms with Crippen molar-refractivity contribution >= 4 is 21.9 Å². The zero-order valence-electron chi connectivity index (χ0n) is 33.9. The van der Waals surface area contributed by atoms with Gasteiger partial charge in [0.25, 0.3) is 0 Å². The van der Waals surface area contributed by atoms with Crippen LogP contribution in [0.2, 0.25) is 0 Å². The summed E-state index contributed by atoms with van der Waals surface area (Å²) in [6.45, 7) is 13.4. The first-order valence-electron chi connectivity index (χ1n) is 19.7. The van der Waals surface area contributed by atoms with E-state index in [1.165, 1.54) is 11.1 Å². The number of imidazole rings is 1. The fraction of sp³-hybridized carbons (Fsp3) is 0.154. The standard InChI is InChI=1S/C52H44N5O.Pt/c1-51(2,3)39-18-19-45(42(29-39)34-12-8-7-9-13-34)57-46-16-10-15-41(44-28-35(17-20-47(44)58)33-21-24-53-25-22-33)49(46)56-50(57)38-26-37(31-54-32-38)43-30-40(52(4,5)6)27-36-14-11-23-55-48(36)43;/h7-25,27-32,58H,1-6H3;/q-1;. The molecule has 0 atom stereocenters. The second-order valence-corrected chi connectivity index (χ2v) is 17.0. The zero-order valence-corrected chi connectivity index (χ0v) is 36.2. The van der Waals surface area contributed by atoms with Gasteiger partial charge in [0.05, 0.1) is 16.9 Å². The molecule has 0 aliphatic heterocycles. The van der Waals surface area contributed by atoms with Crippen LogP contribution in [0, 0.1) is 6.07 Å². The van der Waals surface area contributed by atoms with Gasteiger partial charge in [-0.05, 0) is 105 Å². The summed E-state index contributed by atoms with van der Waals surface area (Å²) in [5.41, 5.74) is 14.0. The molecule has 294 valence electrons. The van der Waals surface area contributed by atoms with Crippen molar-refractivity contribution in [1.82, 2.24) is 24.5 Å². The van der Waals surface area contributed by atoms with Gasteiger partial charge in [-0.2, -0.15) is 0 Å². The van der Waals surface area contributed by atoms with Gasteiger partial charge < -0.3 is 14.7 Å². The van der Waals surface area contributed by atoms with E-state index in [9.17, 15) is 5.11 Å². The minimum absolute atomic E-state index is 0. The minimum atomic E-state index is -0.0818. The number of para-hydroxylation sites is 1. The summed E-state index contributed by atoms with van der Waals surface area (Å²) in [4.78, 5) is 19.4. The van der Waals surface area contributed by atoms with Crippen LogP contribution < -0.4 is 0 Å². The van der Waals surface area contributed by atoms with Crippen LogP contribution in [0.5, 0.6) is 5.75 Å². The van der Waals surface area contributed by atoms with Crippen LogP contribution >= 0.6 is 0 Å². The molecule has 0 bridgehead atoms. The Morgan fingerprint density at radius 3 is 2.05 bits per heavy atom. The second-order valence-electron chi connectivity index (χ2n) is 17.0. The molecule has 59 heavy (non-hydrogen) atoms. The maximum absolute atomic E-state index is 11.5. The van der Waals surface area contributed by atoms with Gasteiger partial charge in [0.15, 0.2) is 0 Å². The van der Waals surface area contributed by atoms with Gasteiger partial charge in [-0.3, -0.25) is 15.0 Å². The maximum atomic E-state index is 11.5. The molecule has 0 spiro atoms. The third-order valence-electron chi connectivity index (χ3n) is 11.0. The first-order chi connectivity index (χ1) is 27.9. The van der Waals surface area contributed by atoms with E-state index in [0.29, 0.717) is 11.4 Å². The number of benzene rings is 5. The Morgan fingerprint density at radius 2 is 1.29 bits per heavy atom. The SMILES string of the molecule is CC(C)(C)c1ccc(-n2c(-c3[c-]c(-c4cc(C(C)(C)C)cc5cccnc45)cnc3)nc3c(-c4cc(-c5ccncc5)ccc4O)cccc32)c(-c2ccccc2)c1.[Pt]. The summed E-state index contributed by atoms with van der Waals surface area (Å²) in [7, 11) is 0. The molecule has 0 fully saturated rings. The fourth-order valence-corrected chi connectivity index (χ4v) is 7.74. The molecule has 0 unspecified atom stereocenters. The van der Waals surface area contributed by atoms with Gasteiger partial charge in [-0.1, -0.05) is 131 Å². The summed E-state index contributed by atoms with van der Waals surface area (Å²) in [6, 6.07) is 45.4. The number of rotatable bonds is 6. The Kier molecular flexibility index (Phi) is 10.4. The topological polar surface area (TPSA) is 76.7 Å². The van der Waals surface area contributed by atoms with Gasteiger partial charge >= 0.3 is 0 Å². The van der Waals surface area contributed by atoms with Crippen LogP contribution in [0.15, 0.2) is 152 Å². The Balaban J connectivity index is 0.00000484. The molecule has 0 aliphatic rings. The van der Waals surface area contributed by atoms with Gasteiger partial charge in [0, 0.05) is 67.6 Å². The summed E-state index contributed by atoms with van der Waals surface area (Å²) in [5, 5.41) is 12.5. The molecule has 5 aromatic carbocycles. The number of aromatic nitrogens is 5. The summed E-state index contributed by atoms with van der Waals surface area (Å²) in [6.07, 6.45) is 9.11. The molecule has 0 amide bonds. The summed E-state index contributed by atoms with van der Waals surface area (Å²) in [5.74, 6) is 0.862. The molecule has 7 heteroatoms. The van der Waals surface area contributed by atoms with E-state index in [1.54, 1.807) is 18.5 Å². The Labute approximate surface area is 360 Å². The normalized spacial score (nSPS) is 11.8. The van der Waals surface area contributed by atoms with E-state index in [1.807, 2.05) is 67.1 Å². The average molecular weight is 950 g/mol. The molecule has 0 saturated carbocycles. The van der Waals surface area contributed by atoms with Crippen LogP contribution in [0.25, 0.3) is 83.5 Å². The molecule has 0 saturated heterocycles. The van der Waals surface area contributed by atoms with Crippen molar-refractivity contribution in [3.63, 3.8) is 0 Å². The third-order valence-corrected chi connectivity index (χ3v) is 11.0. The van der Waals surface area contributed by atoms with Gasteiger partial charge in [0.1, 0.15) is 5.75 Å². The van der Waals surface area contributed by atoms with E-state index in [0.717, 1.165) is 72.1 Å². The second kappa shape index (κ2) is 15.5. The van der Waals surface area contributed by atoms with Crippen molar-refractivity contribution in [3.05, 3.63) is 170 Å². The molecular weight excluding hydrogens is 906 g/mol. The first kappa shape index (κ1) is 39.6. The van der Waals surface area contributed by atoms with E-state index in [4.69, 9.17) is 15.0 Å². The largest absolute Gasteiger partial charge is 0.507 e. The number of nitrogens with zero attached hydrogens (tertiary/aromatic N) is 5. The first-order valence-corrected chi connectivity index (χ1v) is 19.7. The molecular formula is C52H44N5OPt-. The van der Waals surface area contributed by atoms with Crippen LogP contribution in [-0.2, 0) is 31.9 Å². The molecule has 6 nitrogen and oxygen atoms in total. The van der Waals surface area contributed by atoms with Crippen LogP contribution in [0.3, 0.4) is 0 Å². The maximum Gasteiger partial charge on any atom is 0.123 e. The number of fused-ring (bicyclic) bond motifs is 2. The molecule has 4 heterocycles. The van der Waals surface area contributed by atoms with E-state index in [-0.39, 0.29) is 37.6 Å². The van der Waals surface area contributed by atoms with Gasteiger partial charge in [0.2, 0.25) is 0 Å². The monoisotopic (exact) mass is 949 g/mol. The van der Waals surface area contributed by atoms with E-state index in [2.05, 4.69) is 124 Å². The Morgan fingerprint density at radius 1 is 0.542 bits per heavy atom. The van der Waals surface area contributed by atoms with E-state index >= 15 is 0 Å². The van der Waals surface area contributed by atoms with E-state index < -0.39 is 0 Å². The Bertz CT molecular complexity index is 2980.